The zero-order valence-corrected chi connectivity index (χ0v) is 18.0. The largest absolute Gasteiger partial charge is 0.352 e. The molecule has 30 heavy (non-hydrogen) atoms. The summed E-state index contributed by atoms with van der Waals surface area (Å²) in [5, 5.41) is 8.83. The third-order valence-corrected chi connectivity index (χ3v) is 5.72. The number of aryl methyl sites for hydroxylation is 1. The molecule has 0 radical (unpaired) electrons. The SMILES string of the molecule is Cc1ccccc1-c1nc(CNC(=O)CCCCCNC(=O)c2ccccc2)cs1. The fraction of sp³-hybridized carbons (Fsp3) is 0.292. The summed E-state index contributed by atoms with van der Waals surface area (Å²) in [6.45, 7) is 3.15. The standard InChI is InChI=1S/C24H27N3O2S/c1-18-10-7-8-13-21(18)24-27-20(17-30-24)16-26-22(28)14-6-3-9-15-25-23(29)19-11-4-2-5-12-19/h2,4-5,7-8,10-13,17H,3,6,9,14-16H2,1H3,(H,25,29)(H,26,28). The highest BCUT2D eigenvalue weighted by Gasteiger charge is 2.08. The molecule has 5 nitrogen and oxygen atoms in total. The van der Waals surface area contributed by atoms with E-state index in [1.54, 1.807) is 23.5 Å². The van der Waals surface area contributed by atoms with Crippen LogP contribution in [-0.2, 0) is 11.3 Å². The molecule has 0 aliphatic carbocycles. The fourth-order valence-electron chi connectivity index (χ4n) is 3.08. The summed E-state index contributed by atoms with van der Waals surface area (Å²) in [6.07, 6.45) is 3.05. The molecular formula is C24H27N3O2S. The summed E-state index contributed by atoms with van der Waals surface area (Å²) in [7, 11) is 0. The Hall–Kier alpha value is -2.99. The number of thiazole rings is 1. The van der Waals surface area contributed by atoms with Crippen LogP contribution in [0.25, 0.3) is 10.6 Å². The van der Waals surface area contributed by atoms with E-state index >= 15 is 0 Å². The van der Waals surface area contributed by atoms with Gasteiger partial charge in [0.05, 0.1) is 12.2 Å². The van der Waals surface area contributed by atoms with Crippen LogP contribution < -0.4 is 10.6 Å². The van der Waals surface area contributed by atoms with Gasteiger partial charge in [-0.15, -0.1) is 11.3 Å². The lowest BCUT2D eigenvalue weighted by Gasteiger charge is -2.06. The van der Waals surface area contributed by atoms with Gasteiger partial charge >= 0.3 is 0 Å². The van der Waals surface area contributed by atoms with Gasteiger partial charge in [0.1, 0.15) is 5.01 Å². The Bertz CT molecular complexity index is 969. The molecule has 156 valence electrons. The lowest BCUT2D eigenvalue weighted by Crippen LogP contribution is -2.24. The number of hydrogen-bond acceptors (Lipinski definition) is 4. The molecule has 0 spiro atoms. The van der Waals surface area contributed by atoms with Crippen molar-refractivity contribution >= 4 is 23.2 Å². The first-order valence-corrected chi connectivity index (χ1v) is 11.1. The normalized spacial score (nSPS) is 10.6. The summed E-state index contributed by atoms with van der Waals surface area (Å²) >= 11 is 1.60. The molecule has 3 rings (SSSR count). The van der Waals surface area contributed by atoms with Gasteiger partial charge in [-0.05, 0) is 37.5 Å². The average molecular weight is 422 g/mol. The second kappa shape index (κ2) is 11.3. The van der Waals surface area contributed by atoms with Crippen LogP contribution in [0.1, 0.15) is 47.3 Å². The highest BCUT2D eigenvalue weighted by molar-refractivity contribution is 7.13. The maximum Gasteiger partial charge on any atom is 0.251 e. The Labute approximate surface area is 181 Å². The van der Waals surface area contributed by atoms with Crippen LogP contribution in [0.5, 0.6) is 0 Å². The molecule has 0 atom stereocenters. The van der Waals surface area contributed by atoms with Gasteiger partial charge in [-0.2, -0.15) is 0 Å². The minimum Gasteiger partial charge on any atom is -0.352 e. The number of nitrogens with zero attached hydrogens (tertiary/aromatic N) is 1. The molecule has 0 unspecified atom stereocenters. The zero-order chi connectivity index (χ0) is 21.2. The monoisotopic (exact) mass is 421 g/mol. The third kappa shape index (κ3) is 6.52. The molecule has 0 saturated carbocycles. The number of aromatic nitrogens is 1. The predicted octanol–water partition coefficient (Wildman–Crippen LogP) is 4.73. The van der Waals surface area contributed by atoms with Crippen molar-refractivity contribution in [1.29, 1.82) is 0 Å². The second-order valence-electron chi connectivity index (χ2n) is 7.17. The van der Waals surface area contributed by atoms with Gasteiger partial charge in [-0.3, -0.25) is 9.59 Å². The zero-order valence-electron chi connectivity index (χ0n) is 17.2. The van der Waals surface area contributed by atoms with Crippen LogP contribution in [0.4, 0.5) is 0 Å². The molecule has 1 aromatic heterocycles. The molecule has 0 fully saturated rings. The van der Waals surface area contributed by atoms with Crippen LogP contribution in [-0.4, -0.2) is 23.3 Å². The van der Waals surface area contributed by atoms with E-state index in [1.165, 1.54) is 5.56 Å². The third-order valence-electron chi connectivity index (χ3n) is 4.80. The number of unbranched alkanes of at least 4 members (excludes halogenated alkanes) is 2. The molecule has 2 N–H and O–H groups in total. The molecule has 3 aromatic rings. The number of benzene rings is 2. The summed E-state index contributed by atoms with van der Waals surface area (Å²) in [5.41, 5.74) is 3.89. The molecule has 2 aromatic carbocycles. The van der Waals surface area contributed by atoms with Crippen LogP contribution in [0, 0.1) is 6.92 Å². The maximum absolute atomic E-state index is 12.1. The Kier molecular flexibility index (Phi) is 8.15. The van der Waals surface area contributed by atoms with Gasteiger partial charge in [0.2, 0.25) is 5.91 Å². The predicted molar refractivity (Wildman–Crippen MR) is 121 cm³/mol. The van der Waals surface area contributed by atoms with Crippen LogP contribution in [0.3, 0.4) is 0 Å². The van der Waals surface area contributed by atoms with E-state index in [2.05, 4.69) is 34.7 Å². The lowest BCUT2D eigenvalue weighted by atomic mass is 10.1. The van der Waals surface area contributed by atoms with Gasteiger partial charge in [0, 0.05) is 29.5 Å². The highest BCUT2D eigenvalue weighted by Crippen LogP contribution is 2.26. The summed E-state index contributed by atoms with van der Waals surface area (Å²) in [4.78, 5) is 28.6. The number of amides is 2. The summed E-state index contributed by atoms with van der Waals surface area (Å²) in [5.74, 6) is -0.0181. The summed E-state index contributed by atoms with van der Waals surface area (Å²) < 4.78 is 0. The van der Waals surface area contributed by atoms with Crippen LogP contribution in [0.2, 0.25) is 0 Å². The van der Waals surface area contributed by atoms with Crippen molar-refractivity contribution < 1.29 is 9.59 Å². The van der Waals surface area contributed by atoms with Crippen molar-refractivity contribution in [3.8, 4) is 10.6 Å². The van der Waals surface area contributed by atoms with Crippen LogP contribution in [0.15, 0.2) is 60.0 Å². The molecule has 6 heteroatoms. The molecule has 2 amide bonds. The molecule has 0 saturated heterocycles. The average Bonchev–Trinajstić information content (AvgIpc) is 3.24. The second-order valence-corrected chi connectivity index (χ2v) is 8.03. The Morgan fingerprint density at radius 2 is 1.70 bits per heavy atom. The first-order valence-electron chi connectivity index (χ1n) is 10.2. The van der Waals surface area contributed by atoms with Crippen molar-refractivity contribution in [3.05, 3.63) is 76.8 Å². The molecule has 0 bridgehead atoms. The Morgan fingerprint density at radius 1 is 0.933 bits per heavy atom. The van der Waals surface area contributed by atoms with E-state index in [-0.39, 0.29) is 11.8 Å². The van der Waals surface area contributed by atoms with E-state index in [1.807, 2.05) is 35.7 Å². The van der Waals surface area contributed by atoms with Gasteiger partial charge in [0.25, 0.3) is 5.91 Å². The van der Waals surface area contributed by atoms with Crippen LogP contribution >= 0.6 is 11.3 Å². The number of nitrogens with one attached hydrogen (secondary N) is 2. The lowest BCUT2D eigenvalue weighted by molar-refractivity contribution is -0.121. The van der Waals surface area contributed by atoms with Gasteiger partial charge in [0.15, 0.2) is 0 Å². The van der Waals surface area contributed by atoms with Crippen molar-refractivity contribution in [2.24, 2.45) is 0 Å². The molecule has 0 aliphatic rings. The number of rotatable bonds is 10. The fourth-order valence-corrected chi connectivity index (χ4v) is 3.99. The quantitative estimate of drug-likeness (QED) is 0.465. The smallest absolute Gasteiger partial charge is 0.251 e. The molecular weight excluding hydrogens is 394 g/mol. The number of carbonyl (C=O) groups is 2. The van der Waals surface area contributed by atoms with Crippen molar-refractivity contribution in [2.75, 3.05) is 6.54 Å². The summed E-state index contributed by atoms with van der Waals surface area (Å²) in [6, 6.07) is 17.4. The highest BCUT2D eigenvalue weighted by atomic mass is 32.1. The van der Waals surface area contributed by atoms with Crippen molar-refractivity contribution in [3.63, 3.8) is 0 Å². The minimum atomic E-state index is -0.0540. The minimum absolute atomic E-state index is 0.0359. The van der Waals surface area contributed by atoms with Gasteiger partial charge in [-0.1, -0.05) is 48.9 Å². The topological polar surface area (TPSA) is 71.1 Å². The van der Waals surface area contributed by atoms with E-state index in [4.69, 9.17) is 0 Å². The number of carbonyl (C=O) groups excluding carboxylic acids is 2. The van der Waals surface area contributed by atoms with E-state index in [0.717, 1.165) is 35.5 Å². The Morgan fingerprint density at radius 3 is 2.50 bits per heavy atom. The first-order chi connectivity index (χ1) is 14.6. The van der Waals surface area contributed by atoms with E-state index in [9.17, 15) is 9.59 Å². The number of hydrogen-bond donors (Lipinski definition) is 2. The van der Waals surface area contributed by atoms with E-state index < -0.39 is 0 Å². The van der Waals surface area contributed by atoms with Crippen molar-refractivity contribution in [2.45, 2.75) is 39.2 Å². The van der Waals surface area contributed by atoms with Crippen molar-refractivity contribution in [1.82, 2.24) is 15.6 Å². The van der Waals surface area contributed by atoms with E-state index in [0.29, 0.717) is 25.1 Å². The maximum atomic E-state index is 12.1. The first kappa shape index (κ1) is 21.7. The molecule has 0 aliphatic heterocycles. The van der Waals surface area contributed by atoms with Gasteiger partial charge < -0.3 is 10.6 Å². The van der Waals surface area contributed by atoms with Gasteiger partial charge in [-0.25, -0.2) is 4.98 Å². The molecule has 1 heterocycles. The Balaban J connectivity index is 1.29.